The van der Waals surface area contributed by atoms with Gasteiger partial charge in [0, 0.05) is 26.1 Å². The highest BCUT2D eigenvalue weighted by molar-refractivity contribution is 9.10. The fraction of sp³-hybridized carbons (Fsp3) is 0.581. The molecule has 1 aromatic carbocycles. The van der Waals surface area contributed by atoms with Gasteiger partial charge in [0.25, 0.3) is 0 Å². The Morgan fingerprint density at radius 1 is 1.08 bits per heavy atom. The second-order valence-corrected chi connectivity index (χ2v) is 13.1. The molecule has 5 heteroatoms. The van der Waals surface area contributed by atoms with Crippen LogP contribution in [0, 0.1) is 11.8 Å². The molecule has 2 nitrogen and oxygen atoms in total. The van der Waals surface area contributed by atoms with E-state index in [1.807, 2.05) is 12.3 Å². The molecular weight excluding hydrogens is 596 g/mol. The molecule has 0 radical (unpaired) electrons. The van der Waals surface area contributed by atoms with Gasteiger partial charge in [0.15, 0.2) is 0 Å². The number of allylic oxidation sites excluding steroid dienone is 1. The summed E-state index contributed by atoms with van der Waals surface area (Å²) in [6.45, 7) is 13.2. The first kappa shape index (κ1) is 29.9. The predicted octanol–water partition coefficient (Wildman–Crippen LogP) is 10.0. The fourth-order valence-electron chi connectivity index (χ4n) is 6.01. The topological polar surface area (TPSA) is 16.1 Å². The number of piperidine rings is 1. The molecule has 1 aliphatic carbocycles. The number of aromatic nitrogens is 1. The molecule has 1 aliphatic heterocycles. The number of halogens is 3. The third kappa shape index (κ3) is 8.16. The fourth-order valence-corrected chi connectivity index (χ4v) is 7.51. The summed E-state index contributed by atoms with van der Waals surface area (Å²) in [4.78, 5) is 7.32. The molecular formula is C31H43Br2ClN2. The van der Waals surface area contributed by atoms with Crippen LogP contribution in [0.25, 0.3) is 0 Å². The summed E-state index contributed by atoms with van der Waals surface area (Å²) in [6, 6.07) is 6.46. The van der Waals surface area contributed by atoms with Gasteiger partial charge in [-0.15, -0.1) is 6.58 Å². The number of hydrogen-bond donors (Lipinski definition) is 0. The maximum Gasteiger partial charge on any atom is 0.0514 e. The molecule has 1 unspecified atom stereocenters. The number of fused-ring (bicyclic) bond motifs is 2. The molecule has 0 bridgehead atoms. The summed E-state index contributed by atoms with van der Waals surface area (Å²) in [6.07, 6.45) is 12.8. The number of pyridine rings is 1. The van der Waals surface area contributed by atoms with Crippen molar-refractivity contribution in [1.82, 2.24) is 9.88 Å². The first-order chi connectivity index (χ1) is 17.2. The van der Waals surface area contributed by atoms with E-state index >= 15 is 0 Å². The zero-order chi connectivity index (χ0) is 26.2. The molecule has 2 aromatic rings. The summed E-state index contributed by atoms with van der Waals surface area (Å²) in [5, 5.41) is 0.812. The van der Waals surface area contributed by atoms with Gasteiger partial charge in [0.1, 0.15) is 0 Å². The van der Waals surface area contributed by atoms with Gasteiger partial charge >= 0.3 is 0 Å². The van der Waals surface area contributed by atoms with Crippen molar-refractivity contribution >= 4 is 43.5 Å². The second-order valence-electron chi connectivity index (χ2n) is 10.9. The Morgan fingerprint density at radius 2 is 1.72 bits per heavy atom. The van der Waals surface area contributed by atoms with Crippen LogP contribution in [0.2, 0.25) is 5.02 Å². The van der Waals surface area contributed by atoms with E-state index in [9.17, 15) is 0 Å². The summed E-state index contributed by atoms with van der Waals surface area (Å²) in [5.41, 5.74) is 6.76. The Labute approximate surface area is 241 Å². The molecule has 0 N–H and O–H groups in total. The van der Waals surface area contributed by atoms with Gasteiger partial charge in [0.2, 0.25) is 0 Å². The van der Waals surface area contributed by atoms with Crippen molar-refractivity contribution in [2.75, 3.05) is 20.1 Å². The van der Waals surface area contributed by atoms with Crippen LogP contribution in [0.4, 0.5) is 0 Å². The van der Waals surface area contributed by atoms with E-state index in [-0.39, 0.29) is 0 Å². The molecule has 0 amide bonds. The summed E-state index contributed by atoms with van der Waals surface area (Å²) in [5.74, 6) is 1.87. The minimum atomic E-state index is 0.340. The SMILES string of the molecule is C=C(C)CC1CCN(C)CC1.CCCC(CCC)C1c2ncc(Br)cc2CCc2cc(Cl)cc(Br)c21. The maximum atomic E-state index is 6.37. The van der Waals surface area contributed by atoms with Crippen LogP contribution in [0.15, 0.2) is 45.5 Å². The molecule has 36 heavy (non-hydrogen) atoms. The number of hydrogen-bond acceptors (Lipinski definition) is 2. The summed E-state index contributed by atoms with van der Waals surface area (Å²) < 4.78 is 2.20. The highest BCUT2D eigenvalue weighted by Gasteiger charge is 2.32. The van der Waals surface area contributed by atoms with Crippen LogP contribution in [-0.4, -0.2) is 30.0 Å². The molecule has 1 atom stereocenters. The molecule has 0 saturated carbocycles. The predicted molar refractivity (Wildman–Crippen MR) is 163 cm³/mol. The lowest BCUT2D eigenvalue weighted by molar-refractivity contribution is 0.219. The number of rotatable bonds is 7. The minimum absolute atomic E-state index is 0.340. The standard InChI is InChI=1S/C21H24Br2ClN.C10H19N/c1-3-5-13(6-4-2)20-19-14(10-17(24)11-18(19)23)7-8-15-9-16(22)12-25-21(15)20;1-9(2)8-10-4-6-11(3)7-5-10/h9-13,20H,3-8H2,1-2H3;10H,1,4-8H2,2-3H3. The molecule has 0 spiro atoms. The van der Waals surface area contributed by atoms with Gasteiger partial charge < -0.3 is 4.90 Å². The molecule has 2 heterocycles. The zero-order valence-corrected chi connectivity index (χ0v) is 26.5. The summed E-state index contributed by atoms with van der Waals surface area (Å²) in [7, 11) is 2.21. The molecule has 198 valence electrons. The first-order valence-corrected chi connectivity index (χ1v) is 15.6. The van der Waals surface area contributed by atoms with E-state index in [2.05, 4.69) is 83.3 Å². The van der Waals surface area contributed by atoms with Gasteiger partial charge in [-0.2, -0.15) is 0 Å². The van der Waals surface area contributed by atoms with Crippen molar-refractivity contribution in [3.8, 4) is 0 Å². The average molecular weight is 639 g/mol. The quantitative estimate of drug-likeness (QED) is 0.281. The molecule has 1 fully saturated rings. The van der Waals surface area contributed by atoms with Gasteiger partial charge in [-0.25, -0.2) is 0 Å². The lowest BCUT2D eigenvalue weighted by atomic mass is 9.77. The Balaban J connectivity index is 0.000000275. The van der Waals surface area contributed by atoms with E-state index in [4.69, 9.17) is 16.6 Å². The van der Waals surface area contributed by atoms with Gasteiger partial charge in [-0.1, -0.05) is 59.8 Å². The van der Waals surface area contributed by atoms with Crippen molar-refractivity contribution in [2.24, 2.45) is 11.8 Å². The lowest BCUT2D eigenvalue weighted by Gasteiger charge is -2.29. The zero-order valence-electron chi connectivity index (χ0n) is 22.6. The van der Waals surface area contributed by atoms with Crippen molar-refractivity contribution in [1.29, 1.82) is 0 Å². The molecule has 1 aromatic heterocycles. The molecule has 2 aliphatic rings. The Kier molecular flexibility index (Phi) is 12.0. The van der Waals surface area contributed by atoms with E-state index in [1.165, 1.54) is 86.0 Å². The monoisotopic (exact) mass is 636 g/mol. The molecule has 1 saturated heterocycles. The number of benzene rings is 1. The van der Waals surface area contributed by atoms with E-state index < -0.39 is 0 Å². The summed E-state index contributed by atoms with van der Waals surface area (Å²) >= 11 is 13.8. The average Bonchev–Trinajstić information content (AvgIpc) is 2.97. The van der Waals surface area contributed by atoms with Crippen molar-refractivity contribution in [3.63, 3.8) is 0 Å². The van der Waals surface area contributed by atoms with Gasteiger partial charge in [0.05, 0.1) is 5.69 Å². The van der Waals surface area contributed by atoms with Crippen LogP contribution < -0.4 is 0 Å². The van der Waals surface area contributed by atoms with E-state index in [0.29, 0.717) is 11.8 Å². The number of likely N-dealkylation sites (tertiary alicyclic amines) is 1. The number of nitrogens with zero attached hydrogens (tertiary/aromatic N) is 2. The normalized spacial score (nSPS) is 18.2. The Bertz CT molecular complexity index is 1010. The van der Waals surface area contributed by atoms with Crippen molar-refractivity contribution in [2.45, 2.75) is 84.5 Å². The van der Waals surface area contributed by atoms with Crippen LogP contribution in [0.1, 0.15) is 94.0 Å². The Morgan fingerprint density at radius 3 is 2.33 bits per heavy atom. The first-order valence-electron chi connectivity index (χ1n) is 13.7. The highest BCUT2D eigenvalue weighted by atomic mass is 79.9. The smallest absolute Gasteiger partial charge is 0.0514 e. The van der Waals surface area contributed by atoms with Crippen molar-refractivity contribution in [3.05, 3.63) is 72.9 Å². The van der Waals surface area contributed by atoms with Gasteiger partial charge in [-0.3, -0.25) is 4.98 Å². The maximum absolute atomic E-state index is 6.37. The van der Waals surface area contributed by atoms with Gasteiger partial charge in [-0.05, 0) is 135 Å². The third-order valence-corrected chi connectivity index (χ3v) is 8.99. The Hall–Kier alpha value is -0.680. The number of aryl methyl sites for hydroxylation is 2. The van der Waals surface area contributed by atoms with Crippen LogP contribution in [0.5, 0.6) is 0 Å². The van der Waals surface area contributed by atoms with E-state index in [1.54, 1.807) is 0 Å². The second kappa shape index (κ2) is 14.5. The largest absolute Gasteiger partial charge is 0.306 e. The van der Waals surface area contributed by atoms with Crippen LogP contribution in [-0.2, 0) is 12.8 Å². The lowest BCUT2D eigenvalue weighted by Crippen LogP contribution is -2.30. The van der Waals surface area contributed by atoms with Crippen molar-refractivity contribution < 1.29 is 0 Å². The van der Waals surface area contributed by atoms with Crippen LogP contribution in [0.3, 0.4) is 0 Å². The highest BCUT2D eigenvalue weighted by Crippen LogP contribution is 2.45. The van der Waals surface area contributed by atoms with Crippen LogP contribution >= 0.6 is 43.5 Å². The van der Waals surface area contributed by atoms with E-state index in [0.717, 1.165) is 32.7 Å². The minimum Gasteiger partial charge on any atom is -0.306 e. The molecule has 4 rings (SSSR count). The third-order valence-electron chi connectivity index (χ3n) is 7.68.